The molecule has 0 radical (unpaired) electrons. The molecule has 6 nitrogen and oxygen atoms in total. The zero-order valence-electron chi connectivity index (χ0n) is 24.8. The van der Waals surface area contributed by atoms with Gasteiger partial charge in [0.1, 0.15) is 0 Å². The summed E-state index contributed by atoms with van der Waals surface area (Å²) in [6.45, 7) is 12.5. The zero-order valence-corrected chi connectivity index (χ0v) is 27.8. The average Bonchev–Trinajstić information content (AvgIpc) is 2.92. The van der Waals surface area contributed by atoms with Gasteiger partial charge in [-0.2, -0.15) is 31.6 Å². The number of nitriles is 6. The average molecular weight is 683 g/mol. The van der Waals surface area contributed by atoms with E-state index in [9.17, 15) is 0 Å². The molecule has 0 spiro atoms. The summed E-state index contributed by atoms with van der Waals surface area (Å²) in [7, 11) is 0. The minimum atomic E-state index is 0. The molecule has 0 bridgehead atoms. The van der Waals surface area contributed by atoms with Crippen molar-refractivity contribution in [2.24, 2.45) is 0 Å². The van der Waals surface area contributed by atoms with Gasteiger partial charge in [-0.25, -0.2) is 0 Å². The van der Waals surface area contributed by atoms with Gasteiger partial charge in [-0.05, 0) is 38.5 Å². The number of rotatable bonds is 12. The topological polar surface area (TPSA) is 143 Å². The third-order valence-corrected chi connectivity index (χ3v) is 3.85. The van der Waals surface area contributed by atoms with Crippen LogP contribution in [0.2, 0.25) is 0 Å². The van der Waals surface area contributed by atoms with E-state index in [2.05, 4.69) is 78.0 Å². The first-order chi connectivity index (χ1) is 17.5. The summed E-state index contributed by atoms with van der Waals surface area (Å²) in [5.41, 5.74) is 0. The predicted octanol–water partition coefficient (Wildman–Crippen LogP) is 10.2. The zero-order chi connectivity index (χ0) is 29.0. The van der Waals surface area contributed by atoms with Crippen molar-refractivity contribution in [2.75, 3.05) is 0 Å². The van der Waals surface area contributed by atoms with E-state index in [1.54, 1.807) is 0 Å². The summed E-state index contributed by atoms with van der Waals surface area (Å²) in [6.07, 6.45) is 17.4. The van der Waals surface area contributed by atoms with Crippen LogP contribution < -0.4 is 0 Å². The molecular weight excluding hydrogens is 628 g/mol. The van der Waals surface area contributed by atoms with Crippen molar-refractivity contribution < 1.29 is 21.1 Å². The first kappa shape index (κ1) is 51.3. The smallest absolute Gasteiger partial charge is 0.0621 e. The monoisotopic (exact) mass is 682 g/mol. The van der Waals surface area contributed by atoms with Gasteiger partial charge < -0.3 is 0 Å². The minimum Gasteiger partial charge on any atom is -0.198 e. The van der Waals surface area contributed by atoms with Gasteiger partial charge in [0, 0.05) is 59.6 Å². The second-order valence-corrected chi connectivity index (χ2v) is 7.57. The van der Waals surface area contributed by atoms with Crippen molar-refractivity contribution in [3.05, 3.63) is 0 Å². The third-order valence-electron chi connectivity index (χ3n) is 3.85. The number of nitrogens with zero attached hydrogens (tertiary/aromatic N) is 6. The Morgan fingerprint density at radius 2 is 0.405 bits per heavy atom. The van der Waals surface area contributed by atoms with Gasteiger partial charge in [0.2, 0.25) is 0 Å². The Labute approximate surface area is 245 Å². The van der Waals surface area contributed by atoms with Crippen molar-refractivity contribution >= 4 is 0 Å². The maximum atomic E-state index is 7.95. The summed E-state index contributed by atoms with van der Waals surface area (Å²) in [5, 5.41) is 47.7. The van der Waals surface area contributed by atoms with E-state index in [0.29, 0.717) is 0 Å². The summed E-state index contributed by atoms with van der Waals surface area (Å²) in [6, 6.07) is 12.4. The van der Waals surface area contributed by atoms with Crippen LogP contribution in [-0.2, 0) is 21.1 Å². The number of unbranched alkanes of at least 4 members (excludes halogenated alkanes) is 12. The largest absolute Gasteiger partial charge is 0.198 e. The first-order valence-electron chi connectivity index (χ1n) is 13.7. The molecule has 0 rings (SSSR count). The molecule has 0 saturated heterocycles. The summed E-state index contributed by atoms with van der Waals surface area (Å²) in [5.74, 6) is 0. The Morgan fingerprint density at radius 3 is 0.432 bits per heavy atom. The van der Waals surface area contributed by atoms with Crippen LogP contribution >= 0.6 is 0 Å². The Morgan fingerprint density at radius 1 is 0.297 bits per heavy atom. The van der Waals surface area contributed by atoms with Crippen molar-refractivity contribution in [3.8, 4) is 36.4 Å². The molecule has 0 fully saturated rings. The molecule has 0 aromatic carbocycles. The van der Waals surface area contributed by atoms with Crippen LogP contribution in [0.25, 0.3) is 0 Å². The normalized spacial score (nSPS) is 7.14. The fourth-order valence-corrected chi connectivity index (χ4v) is 1.54. The van der Waals surface area contributed by atoms with Crippen LogP contribution in [0.5, 0.6) is 0 Å². The Balaban J connectivity index is -0.0000000581. The van der Waals surface area contributed by atoms with E-state index in [-0.39, 0.29) is 21.1 Å². The van der Waals surface area contributed by atoms with E-state index in [1.165, 1.54) is 0 Å². The minimum absolute atomic E-state index is 0. The van der Waals surface area contributed by atoms with Gasteiger partial charge in [-0.15, -0.1) is 0 Å². The molecule has 0 aliphatic heterocycles. The maximum Gasteiger partial charge on any atom is 0.0621 e. The fourth-order valence-electron chi connectivity index (χ4n) is 1.54. The standard InChI is InChI=1S/6C5H9N.W/c6*1-2-3-4-5-6;/h6*2-4H2,1H3;. The van der Waals surface area contributed by atoms with Crippen molar-refractivity contribution in [1.82, 2.24) is 0 Å². The van der Waals surface area contributed by atoms with Crippen LogP contribution in [0.3, 0.4) is 0 Å². The molecule has 0 aliphatic rings. The Hall–Kier alpha value is -2.37. The van der Waals surface area contributed by atoms with Gasteiger partial charge in [0.05, 0.1) is 36.4 Å². The Bertz CT molecular complexity index is 455. The van der Waals surface area contributed by atoms with Gasteiger partial charge in [-0.3, -0.25) is 0 Å². The van der Waals surface area contributed by atoms with E-state index >= 15 is 0 Å². The van der Waals surface area contributed by atoms with Gasteiger partial charge in [-0.1, -0.05) is 80.1 Å². The number of hydrogen-bond donors (Lipinski definition) is 0. The molecule has 0 atom stereocenters. The van der Waals surface area contributed by atoms with Crippen LogP contribution in [0.4, 0.5) is 0 Å². The van der Waals surface area contributed by atoms with Crippen LogP contribution in [0, 0.1) is 68.0 Å². The van der Waals surface area contributed by atoms with Gasteiger partial charge >= 0.3 is 0 Å². The molecule has 0 unspecified atom stereocenters. The SMILES string of the molecule is CCCCC#N.CCCCC#N.CCCCC#N.CCCCC#N.CCCCC#N.CCCCC#N.[W]. The van der Waals surface area contributed by atoms with Crippen molar-refractivity contribution in [1.29, 1.82) is 31.6 Å². The van der Waals surface area contributed by atoms with Crippen LogP contribution in [0.15, 0.2) is 0 Å². The second kappa shape index (κ2) is 76.5. The maximum absolute atomic E-state index is 7.95. The van der Waals surface area contributed by atoms with Gasteiger partial charge in [0.15, 0.2) is 0 Å². The summed E-state index contributed by atoms with van der Waals surface area (Å²) < 4.78 is 0. The number of hydrogen-bond acceptors (Lipinski definition) is 6. The quantitative estimate of drug-likeness (QED) is 0.187. The first-order valence-corrected chi connectivity index (χ1v) is 13.7. The molecular formula is C30H54N6W. The van der Waals surface area contributed by atoms with Crippen LogP contribution in [0.1, 0.15) is 157 Å². The van der Waals surface area contributed by atoms with Gasteiger partial charge in [0.25, 0.3) is 0 Å². The second-order valence-electron chi connectivity index (χ2n) is 7.57. The molecule has 0 aromatic rings. The van der Waals surface area contributed by atoms with E-state index in [1.807, 2.05) is 0 Å². The molecule has 0 aliphatic carbocycles. The molecule has 0 heterocycles. The molecule has 210 valence electrons. The molecule has 0 N–H and O–H groups in total. The molecule has 0 saturated carbocycles. The predicted molar refractivity (Wildman–Crippen MR) is 151 cm³/mol. The molecule has 0 amide bonds. The summed E-state index contributed by atoms with van der Waals surface area (Å²) in [4.78, 5) is 0. The van der Waals surface area contributed by atoms with E-state index in [0.717, 1.165) is 116 Å². The molecule has 37 heavy (non-hydrogen) atoms. The fraction of sp³-hybridized carbons (Fsp3) is 0.800. The van der Waals surface area contributed by atoms with E-state index < -0.39 is 0 Å². The third kappa shape index (κ3) is 138. The Kier molecular flexibility index (Phi) is 106. The van der Waals surface area contributed by atoms with E-state index in [4.69, 9.17) is 31.6 Å². The van der Waals surface area contributed by atoms with Crippen LogP contribution in [-0.4, -0.2) is 0 Å². The van der Waals surface area contributed by atoms with Crippen molar-refractivity contribution in [3.63, 3.8) is 0 Å². The van der Waals surface area contributed by atoms with Crippen molar-refractivity contribution in [2.45, 2.75) is 157 Å². The summed E-state index contributed by atoms with van der Waals surface area (Å²) >= 11 is 0. The molecule has 7 heteroatoms. The molecule has 0 aromatic heterocycles.